The molecular formula is C13H23N3O3. The molecule has 0 atom stereocenters. The van der Waals surface area contributed by atoms with Gasteiger partial charge in [-0.25, -0.2) is 9.78 Å². The Morgan fingerprint density at radius 3 is 2.58 bits per heavy atom. The number of nitrogens with zero attached hydrogens (tertiary/aromatic N) is 1. The Bertz CT molecular complexity index is 407. The van der Waals surface area contributed by atoms with Gasteiger partial charge in [-0.2, -0.15) is 0 Å². The molecule has 0 bridgehead atoms. The Kier molecular flexibility index (Phi) is 5.35. The summed E-state index contributed by atoms with van der Waals surface area (Å²) in [5, 5.41) is 14.4. The van der Waals surface area contributed by atoms with Crippen LogP contribution in [-0.4, -0.2) is 29.3 Å². The van der Waals surface area contributed by atoms with Crippen LogP contribution in [0.15, 0.2) is 4.42 Å². The number of carbonyl (C=O) groups excluding carboxylic acids is 1. The van der Waals surface area contributed by atoms with Gasteiger partial charge in [0.05, 0.1) is 12.2 Å². The van der Waals surface area contributed by atoms with Gasteiger partial charge in [0.2, 0.25) is 5.89 Å². The van der Waals surface area contributed by atoms with Crippen LogP contribution in [-0.2, 0) is 6.54 Å². The predicted molar refractivity (Wildman–Crippen MR) is 71.7 cm³/mol. The van der Waals surface area contributed by atoms with Gasteiger partial charge in [-0.3, -0.25) is 0 Å². The van der Waals surface area contributed by atoms with Gasteiger partial charge in [-0.15, -0.1) is 0 Å². The first kappa shape index (κ1) is 15.5. The average Bonchev–Trinajstić information content (AvgIpc) is 2.64. The number of hydrogen-bond acceptors (Lipinski definition) is 4. The fraction of sp³-hybridized carbons (Fsp3) is 0.692. The lowest BCUT2D eigenvalue weighted by molar-refractivity contribution is 0.201. The summed E-state index contributed by atoms with van der Waals surface area (Å²) in [5.74, 6) is 1.26. The smallest absolute Gasteiger partial charge is 0.315 e. The standard InChI is InChI=1S/C13H23N3O3/c1-9-10(2)19-11(16-9)7-14-12(18)15-8-13(3,4)5-6-17/h17H,5-8H2,1-4H3,(H2,14,15,18). The molecule has 6 heteroatoms. The van der Waals surface area contributed by atoms with Gasteiger partial charge in [0.25, 0.3) is 0 Å². The second-order valence-corrected chi connectivity index (χ2v) is 5.42. The highest BCUT2D eigenvalue weighted by Crippen LogP contribution is 2.17. The van der Waals surface area contributed by atoms with Crippen LogP contribution in [0.25, 0.3) is 0 Å². The average molecular weight is 269 g/mol. The molecule has 0 unspecified atom stereocenters. The van der Waals surface area contributed by atoms with E-state index in [1.165, 1.54) is 0 Å². The second kappa shape index (κ2) is 6.56. The molecular weight excluding hydrogens is 246 g/mol. The normalized spacial score (nSPS) is 11.4. The van der Waals surface area contributed by atoms with Crippen molar-refractivity contribution in [2.24, 2.45) is 5.41 Å². The van der Waals surface area contributed by atoms with Crippen LogP contribution in [0.1, 0.15) is 37.6 Å². The fourth-order valence-electron chi connectivity index (χ4n) is 1.54. The highest BCUT2D eigenvalue weighted by atomic mass is 16.4. The van der Waals surface area contributed by atoms with Crippen LogP contribution in [0.4, 0.5) is 4.79 Å². The Balaban J connectivity index is 2.32. The number of aliphatic hydroxyl groups excluding tert-OH is 1. The van der Waals surface area contributed by atoms with E-state index in [2.05, 4.69) is 15.6 Å². The van der Waals surface area contributed by atoms with Crippen molar-refractivity contribution in [1.29, 1.82) is 0 Å². The molecule has 1 rings (SSSR count). The number of rotatable bonds is 6. The van der Waals surface area contributed by atoms with Crippen LogP contribution >= 0.6 is 0 Å². The lowest BCUT2D eigenvalue weighted by atomic mass is 9.90. The van der Waals surface area contributed by atoms with E-state index in [0.29, 0.717) is 18.9 Å². The van der Waals surface area contributed by atoms with E-state index in [-0.39, 0.29) is 24.6 Å². The first-order valence-corrected chi connectivity index (χ1v) is 6.39. The second-order valence-electron chi connectivity index (χ2n) is 5.42. The summed E-state index contributed by atoms with van der Waals surface area (Å²) in [6.07, 6.45) is 0.644. The van der Waals surface area contributed by atoms with E-state index in [1.807, 2.05) is 27.7 Å². The minimum atomic E-state index is -0.264. The molecule has 0 aromatic carbocycles. The zero-order valence-corrected chi connectivity index (χ0v) is 12.0. The SMILES string of the molecule is Cc1nc(CNC(=O)NCC(C)(C)CCO)oc1C. The molecule has 1 aromatic rings. The number of hydrogen-bond donors (Lipinski definition) is 3. The van der Waals surface area contributed by atoms with Gasteiger partial charge in [0.1, 0.15) is 5.76 Å². The minimum absolute atomic E-state index is 0.116. The first-order chi connectivity index (χ1) is 8.84. The predicted octanol–water partition coefficient (Wildman–Crippen LogP) is 1.50. The van der Waals surface area contributed by atoms with E-state index < -0.39 is 0 Å². The summed E-state index contributed by atoms with van der Waals surface area (Å²) >= 11 is 0. The van der Waals surface area contributed by atoms with Crippen molar-refractivity contribution >= 4 is 6.03 Å². The van der Waals surface area contributed by atoms with Crippen molar-refractivity contribution in [3.63, 3.8) is 0 Å². The summed E-state index contributed by atoms with van der Waals surface area (Å²) in [6, 6.07) is -0.264. The van der Waals surface area contributed by atoms with Crippen molar-refractivity contribution in [2.45, 2.75) is 40.7 Å². The summed E-state index contributed by atoms with van der Waals surface area (Å²) in [5.41, 5.74) is 0.712. The van der Waals surface area contributed by atoms with E-state index in [4.69, 9.17) is 9.52 Å². The molecule has 0 saturated heterocycles. The zero-order valence-electron chi connectivity index (χ0n) is 12.0. The molecule has 3 N–H and O–H groups in total. The van der Waals surface area contributed by atoms with E-state index in [9.17, 15) is 4.79 Å². The lowest BCUT2D eigenvalue weighted by Crippen LogP contribution is -2.40. The molecule has 108 valence electrons. The van der Waals surface area contributed by atoms with Crippen molar-refractivity contribution in [3.05, 3.63) is 17.3 Å². The van der Waals surface area contributed by atoms with Gasteiger partial charge in [0.15, 0.2) is 0 Å². The van der Waals surface area contributed by atoms with E-state index >= 15 is 0 Å². The van der Waals surface area contributed by atoms with Crippen LogP contribution in [0.3, 0.4) is 0 Å². The fourth-order valence-corrected chi connectivity index (χ4v) is 1.54. The third-order valence-corrected chi connectivity index (χ3v) is 2.99. The maximum Gasteiger partial charge on any atom is 0.315 e. The van der Waals surface area contributed by atoms with Crippen molar-refractivity contribution in [1.82, 2.24) is 15.6 Å². The number of urea groups is 1. The summed E-state index contributed by atoms with van der Waals surface area (Å²) < 4.78 is 5.36. The molecule has 0 saturated carbocycles. The molecule has 0 spiro atoms. The van der Waals surface area contributed by atoms with Gasteiger partial charge in [-0.1, -0.05) is 13.8 Å². The Labute approximate surface area is 113 Å². The Morgan fingerprint density at radius 1 is 1.37 bits per heavy atom. The van der Waals surface area contributed by atoms with Gasteiger partial charge in [-0.05, 0) is 25.7 Å². The first-order valence-electron chi connectivity index (χ1n) is 6.39. The van der Waals surface area contributed by atoms with Crippen molar-refractivity contribution < 1.29 is 14.3 Å². The number of aromatic nitrogens is 1. The number of aryl methyl sites for hydroxylation is 2. The topological polar surface area (TPSA) is 87.4 Å². The lowest BCUT2D eigenvalue weighted by Gasteiger charge is -2.23. The van der Waals surface area contributed by atoms with E-state index in [1.54, 1.807) is 0 Å². The molecule has 1 heterocycles. The third-order valence-electron chi connectivity index (χ3n) is 2.99. The Hall–Kier alpha value is -1.56. The minimum Gasteiger partial charge on any atom is -0.444 e. The molecule has 2 amide bonds. The molecule has 0 radical (unpaired) electrons. The third kappa shape index (κ3) is 5.30. The highest BCUT2D eigenvalue weighted by molar-refractivity contribution is 5.73. The number of amides is 2. The summed E-state index contributed by atoms with van der Waals surface area (Å²) in [6.45, 7) is 8.56. The molecule has 0 aliphatic heterocycles. The summed E-state index contributed by atoms with van der Waals surface area (Å²) in [4.78, 5) is 15.8. The largest absolute Gasteiger partial charge is 0.444 e. The van der Waals surface area contributed by atoms with Gasteiger partial charge in [0, 0.05) is 13.2 Å². The maximum absolute atomic E-state index is 11.6. The molecule has 1 aromatic heterocycles. The van der Waals surface area contributed by atoms with Gasteiger partial charge >= 0.3 is 6.03 Å². The number of carbonyl (C=O) groups is 1. The number of oxazole rings is 1. The van der Waals surface area contributed by atoms with Gasteiger partial charge < -0.3 is 20.2 Å². The molecule has 6 nitrogen and oxygen atoms in total. The molecule has 0 fully saturated rings. The van der Waals surface area contributed by atoms with Crippen LogP contribution in [0.5, 0.6) is 0 Å². The molecule has 0 aliphatic rings. The Morgan fingerprint density at radius 2 is 2.05 bits per heavy atom. The summed E-state index contributed by atoms with van der Waals surface area (Å²) in [7, 11) is 0. The number of nitrogens with one attached hydrogen (secondary N) is 2. The van der Waals surface area contributed by atoms with Crippen LogP contribution in [0.2, 0.25) is 0 Å². The molecule has 19 heavy (non-hydrogen) atoms. The van der Waals surface area contributed by atoms with Crippen molar-refractivity contribution in [3.8, 4) is 0 Å². The van der Waals surface area contributed by atoms with Crippen LogP contribution < -0.4 is 10.6 Å². The zero-order chi connectivity index (χ0) is 14.5. The van der Waals surface area contributed by atoms with E-state index in [0.717, 1.165) is 11.5 Å². The maximum atomic E-state index is 11.6. The van der Waals surface area contributed by atoms with Crippen LogP contribution in [0, 0.1) is 19.3 Å². The van der Waals surface area contributed by atoms with Crippen molar-refractivity contribution in [2.75, 3.05) is 13.2 Å². The number of aliphatic hydroxyl groups is 1. The highest BCUT2D eigenvalue weighted by Gasteiger charge is 2.18. The molecule has 0 aliphatic carbocycles. The quantitative estimate of drug-likeness (QED) is 0.730. The monoisotopic (exact) mass is 269 g/mol.